The lowest BCUT2D eigenvalue weighted by atomic mass is 10.2. The minimum atomic E-state index is -0.127. The molecule has 1 aromatic carbocycles. The molecule has 0 spiro atoms. The van der Waals surface area contributed by atoms with Gasteiger partial charge in [-0.2, -0.15) is 5.10 Å². The molecule has 0 aliphatic carbocycles. The van der Waals surface area contributed by atoms with Crippen LogP contribution in [0.2, 0.25) is 0 Å². The highest BCUT2D eigenvalue weighted by molar-refractivity contribution is 7.17. The van der Waals surface area contributed by atoms with Crippen molar-refractivity contribution in [1.29, 1.82) is 0 Å². The van der Waals surface area contributed by atoms with Crippen LogP contribution in [0.15, 0.2) is 41.9 Å². The van der Waals surface area contributed by atoms with Gasteiger partial charge < -0.3 is 11.1 Å². The number of nitrogen functional groups attached to an aromatic ring is 1. The molecule has 0 radical (unpaired) electrons. The van der Waals surface area contributed by atoms with Crippen LogP contribution in [0.3, 0.4) is 0 Å². The van der Waals surface area contributed by atoms with Crippen molar-refractivity contribution in [2.45, 2.75) is 6.54 Å². The molecule has 0 aliphatic rings. The summed E-state index contributed by atoms with van der Waals surface area (Å²) < 4.78 is 2.71. The number of rotatable bonds is 3. The normalized spacial score (nSPS) is 10.7. The maximum atomic E-state index is 11.9. The first kappa shape index (κ1) is 11.7. The van der Waals surface area contributed by atoms with E-state index in [0.717, 1.165) is 11.1 Å². The van der Waals surface area contributed by atoms with E-state index in [1.165, 1.54) is 9.38 Å². The van der Waals surface area contributed by atoms with E-state index in [2.05, 4.69) is 10.4 Å². The highest BCUT2D eigenvalue weighted by Gasteiger charge is 2.05. The molecule has 1 amide bonds. The summed E-state index contributed by atoms with van der Waals surface area (Å²) in [6.45, 7) is 0.152. The van der Waals surface area contributed by atoms with Crippen LogP contribution in [0, 0.1) is 0 Å². The van der Waals surface area contributed by atoms with Crippen LogP contribution in [0.4, 0.5) is 11.5 Å². The number of nitrogens with zero attached hydrogens (tertiary/aromatic N) is 2. The predicted octanol–water partition coefficient (Wildman–Crippen LogP) is 2.32. The number of benzene rings is 1. The minimum absolute atomic E-state index is 0.127. The Hall–Kier alpha value is -2.34. The van der Waals surface area contributed by atoms with Gasteiger partial charge in [-0.25, -0.2) is 0 Å². The van der Waals surface area contributed by atoms with Gasteiger partial charge in [-0.1, -0.05) is 0 Å². The number of carbonyl (C=O) groups excluding carboxylic acids is 1. The Labute approximate surface area is 113 Å². The molecule has 0 aliphatic heterocycles. The van der Waals surface area contributed by atoms with Gasteiger partial charge in [0.2, 0.25) is 5.91 Å². The Kier molecular flexibility index (Phi) is 2.92. The highest BCUT2D eigenvalue weighted by atomic mass is 32.1. The summed E-state index contributed by atoms with van der Waals surface area (Å²) in [5, 5.41) is 9.98. The van der Waals surface area contributed by atoms with Crippen molar-refractivity contribution in [2.75, 3.05) is 11.1 Å². The number of nitrogens with two attached hydrogens (primary N) is 1. The van der Waals surface area contributed by atoms with Gasteiger partial charge in [0.05, 0.1) is 0 Å². The zero-order valence-electron chi connectivity index (χ0n) is 10.0. The van der Waals surface area contributed by atoms with E-state index in [-0.39, 0.29) is 12.5 Å². The molecular weight excluding hydrogens is 260 g/mol. The topological polar surface area (TPSA) is 72.9 Å². The molecule has 0 saturated heterocycles. The number of nitrogens with one attached hydrogen (secondary N) is 1. The lowest BCUT2D eigenvalue weighted by Crippen LogP contribution is -2.19. The molecule has 96 valence electrons. The zero-order chi connectivity index (χ0) is 13.2. The second-order valence-electron chi connectivity index (χ2n) is 4.16. The summed E-state index contributed by atoms with van der Waals surface area (Å²) in [6, 6.07) is 9.55. The molecule has 5 nitrogen and oxygen atoms in total. The van der Waals surface area contributed by atoms with E-state index in [9.17, 15) is 4.79 Å². The molecule has 3 N–H and O–H groups in total. The van der Waals surface area contributed by atoms with Crippen LogP contribution >= 0.6 is 11.3 Å². The van der Waals surface area contributed by atoms with Gasteiger partial charge in [-0.15, -0.1) is 11.3 Å². The van der Waals surface area contributed by atoms with Crippen molar-refractivity contribution >= 4 is 38.8 Å². The molecule has 0 bridgehead atoms. The molecule has 3 aromatic rings. The van der Waals surface area contributed by atoms with Crippen LogP contribution in [0.1, 0.15) is 0 Å². The van der Waals surface area contributed by atoms with Crippen molar-refractivity contribution in [3.8, 4) is 0 Å². The number of aromatic nitrogens is 2. The van der Waals surface area contributed by atoms with Gasteiger partial charge in [-0.3, -0.25) is 9.48 Å². The van der Waals surface area contributed by atoms with E-state index >= 15 is 0 Å². The van der Waals surface area contributed by atoms with Crippen LogP contribution in [-0.4, -0.2) is 15.7 Å². The number of amides is 1. The second-order valence-corrected chi connectivity index (χ2v) is 5.11. The molecule has 0 fully saturated rings. The predicted molar refractivity (Wildman–Crippen MR) is 77.1 cm³/mol. The van der Waals surface area contributed by atoms with Crippen molar-refractivity contribution < 1.29 is 4.79 Å². The van der Waals surface area contributed by atoms with Gasteiger partial charge >= 0.3 is 0 Å². The lowest BCUT2D eigenvalue weighted by Gasteiger charge is -2.05. The van der Waals surface area contributed by atoms with E-state index < -0.39 is 0 Å². The SMILES string of the molecule is Nc1ccn(CC(=O)Nc2ccc3sccc3c2)n1. The van der Waals surface area contributed by atoms with Crippen LogP contribution in [0.25, 0.3) is 10.1 Å². The molecule has 19 heavy (non-hydrogen) atoms. The Bertz CT molecular complexity index is 731. The summed E-state index contributed by atoms with van der Waals surface area (Å²) in [7, 11) is 0. The van der Waals surface area contributed by atoms with Crippen molar-refractivity contribution in [3.05, 3.63) is 41.9 Å². The first-order chi connectivity index (χ1) is 9.20. The monoisotopic (exact) mass is 272 g/mol. The summed E-state index contributed by atoms with van der Waals surface area (Å²) in [6.07, 6.45) is 1.68. The molecule has 0 atom stereocenters. The number of thiophene rings is 1. The Morgan fingerprint density at radius 1 is 1.37 bits per heavy atom. The van der Waals surface area contributed by atoms with Crippen molar-refractivity contribution in [1.82, 2.24) is 9.78 Å². The Morgan fingerprint density at radius 3 is 3.05 bits per heavy atom. The van der Waals surface area contributed by atoms with E-state index in [1.54, 1.807) is 23.6 Å². The molecule has 0 unspecified atom stereocenters. The summed E-state index contributed by atoms with van der Waals surface area (Å²) in [5.41, 5.74) is 6.28. The molecule has 2 aromatic heterocycles. The second kappa shape index (κ2) is 4.74. The van der Waals surface area contributed by atoms with Crippen molar-refractivity contribution in [2.24, 2.45) is 0 Å². The number of hydrogen-bond acceptors (Lipinski definition) is 4. The first-order valence-electron chi connectivity index (χ1n) is 5.77. The van der Waals surface area contributed by atoms with E-state index in [0.29, 0.717) is 5.82 Å². The fourth-order valence-corrected chi connectivity index (χ4v) is 2.63. The molecule has 2 heterocycles. The number of hydrogen-bond donors (Lipinski definition) is 2. The van der Waals surface area contributed by atoms with E-state index in [4.69, 9.17) is 5.73 Å². The number of anilines is 2. The van der Waals surface area contributed by atoms with Gasteiger partial charge in [0.25, 0.3) is 0 Å². The molecule has 0 saturated carbocycles. The summed E-state index contributed by atoms with van der Waals surface area (Å²) >= 11 is 1.68. The number of carbonyl (C=O) groups is 1. The average molecular weight is 272 g/mol. The summed E-state index contributed by atoms with van der Waals surface area (Å²) in [4.78, 5) is 11.9. The fourth-order valence-electron chi connectivity index (χ4n) is 1.86. The van der Waals surface area contributed by atoms with Crippen LogP contribution < -0.4 is 11.1 Å². The third kappa shape index (κ3) is 2.58. The molecule has 3 rings (SSSR count). The maximum Gasteiger partial charge on any atom is 0.246 e. The smallest absolute Gasteiger partial charge is 0.246 e. The maximum absolute atomic E-state index is 11.9. The van der Waals surface area contributed by atoms with Crippen LogP contribution in [0.5, 0.6) is 0 Å². The third-order valence-corrected chi connectivity index (χ3v) is 3.60. The quantitative estimate of drug-likeness (QED) is 0.768. The average Bonchev–Trinajstić information content (AvgIpc) is 2.97. The fraction of sp³-hybridized carbons (Fsp3) is 0.0769. The van der Waals surface area contributed by atoms with Gasteiger partial charge in [0.15, 0.2) is 0 Å². The van der Waals surface area contributed by atoms with Gasteiger partial charge in [0, 0.05) is 16.6 Å². The summed E-state index contributed by atoms with van der Waals surface area (Å²) in [5.74, 6) is 0.283. The van der Waals surface area contributed by atoms with E-state index in [1.807, 2.05) is 29.6 Å². The third-order valence-electron chi connectivity index (χ3n) is 2.70. The Balaban J connectivity index is 1.71. The molecule has 6 heteroatoms. The van der Waals surface area contributed by atoms with Gasteiger partial charge in [-0.05, 0) is 41.1 Å². The number of fused-ring (bicyclic) bond motifs is 1. The largest absolute Gasteiger partial charge is 0.382 e. The first-order valence-corrected chi connectivity index (χ1v) is 6.65. The standard InChI is InChI=1S/C13H12N4OS/c14-12-3-5-17(16-12)8-13(18)15-10-1-2-11-9(7-10)4-6-19-11/h1-7H,8H2,(H2,14,16)(H,15,18). The molecular formula is C13H12N4OS. The van der Waals surface area contributed by atoms with Crippen LogP contribution in [-0.2, 0) is 11.3 Å². The zero-order valence-corrected chi connectivity index (χ0v) is 10.9. The highest BCUT2D eigenvalue weighted by Crippen LogP contribution is 2.23. The van der Waals surface area contributed by atoms with Crippen molar-refractivity contribution in [3.63, 3.8) is 0 Å². The lowest BCUT2D eigenvalue weighted by molar-refractivity contribution is -0.116. The Morgan fingerprint density at radius 2 is 2.26 bits per heavy atom. The minimum Gasteiger partial charge on any atom is -0.382 e. The van der Waals surface area contributed by atoms with Gasteiger partial charge in [0.1, 0.15) is 12.4 Å².